The fourth-order valence-electron chi connectivity index (χ4n) is 2.15. The first-order valence-corrected chi connectivity index (χ1v) is 8.30. The largest absolute Gasteiger partial charge is 0.469 e. The number of benzene rings is 1. The van der Waals surface area contributed by atoms with Gasteiger partial charge in [-0.2, -0.15) is 0 Å². The molecule has 1 aromatic carbocycles. The first-order chi connectivity index (χ1) is 12.1. The van der Waals surface area contributed by atoms with Gasteiger partial charge in [-0.3, -0.25) is 9.59 Å². The Morgan fingerprint density at radius 2 is 1.69 bits per heavy atom. The number of aryl methyl sites for hydroxylation is 1. The highest BCUT2D eigenvalue weighted by Crippen LogP contribution is 2.19. The van der Waals surface area contributed by atoms with Gasteiger partial charge in [0.1, 0.15) is 11.3 Å². The second-order valence-electron chi connectivity index (χ2n) is 7.08. The molecule has 138 valence electrons. The van der Waals surface area contributed by atoms with E-state index >= 15 is 0 Å². The Kier molecular flexibility index (Phi) is 5.65. The van der Waals surface area contributed by atoms with Gasteiger partial charge in [0.25, 0.3) is 0 Å². The minimum Gasteiger partial charge on any atom is -0.469 e. The van der Waals surface area contributed by atoms with Crippen molar-refractivity contribution >= 4 is 23.3 Å². The van der Waals surface area contributed by atoms with E-state index in [-0.39, 0.29) is 11.7 Å². The van der Waals surface area contributed by atoms with Crippen LogP contribution >= 0.6 is 0 Å². The lowest BCUT2D eigenvalue weighted by atomic mass is 9.95. The molecule has 0 aliphatic rings. The van der Waals surface area contributed by atoms with Crippen molar-refractivity contribution in [3.63, 3.8) is 0 Å². The molecule has 0 spiro atoms. The third-order valence-electron chi connectivity index (χ3n) is 3.84. The van der Waals surface area contributed by atoms with Crippen molar-refractivity contribution in [3.8, 4) is 0 Å². The molecule has 0 unspecified atom stereocenters. The van der Waals surface area contributed by atoms with Crippen molar-refractivity contribution in [1.82, 2.24) is 0 Å². The summed E-state index contributed by atoms with van der Waals surface area (Å²) >= 11 is 0. The average Bonchev–Trinajstić information content (AvgIpc) is 3.00. The zero-order valence-corrected chi connectivity index (χ0v) is 15.6. The Morgan fingerprint density at radius 1 is 1.08 bits per heavy atom. The Bertz CT molecular complexity index is 811. The van der Waals surface area contributed by atoms with Crippen LogP contribution in [0.3, 0.4) is 0 Å². The van der Waals surface area contributed by atoms with Crippen LogP contribution in [0.1, 0.15) is 54.2 Å². The van der Waals surface area contributed by atoms with E-state index in [1.807, 2.05) is 20.8 Å². The van der Waals surface area contributed by atoms with Gasteiger partial charge in [0, 0.05) is 16.7 Å². The summed E-state index contributed by atoms with van der Waals surface area (Å²) in [6.07, 6.45) is 0.454. The molecule has 0 saturated carbocycles. The van der Waals surface area contributed by atoms with Crippen molar-refractivity contribution in [2.75, 3.05) is 5.32 Å². The summed E-state index contributed by atoms with van der Waals surface area (Å²) in [5.74, 6) is -0.609. The summed E-state index contributed by atoms with van der Waals surface area (Å²) in [5.41, 5.74) is 0.774. The van der Waals surface area contributed by atoms with Gasteiger partial charge >= 0.3 is 5.97 Å². The highest BCUT2D eigenvalue weighted by molar-refractivity contribution is 6.02. The highest BCUT2D eigenvalue weighted by atomic mass is 16.5. The summed E-state index contributed by atoms with van der Waals surface area (Å²) in [6.45, 7) is 8.62. The number of hydrogen-bond acceptors (Lipinski definition) is 5. The molecule has 6 heteroatoms. The molecule has 6 nitrogen and oxygen atoms in total. The Balaban J connectivity index is 2.02. The van der Waals surface area contributed by atoms with Gasteiger partial charge in [-0.15, -0.1) is 0 Å². The molecular weight excluding hydrogens is 334 g/mol. The quantitative estimate of drug-likeness (QED) is 0.646. The van der Waals surface area contributed by atoms with Crippen LogP contribution in [-0.2, 0) is 9.53 Å². The third kappa shape index (κ3) is 4.59. The molecule has 2 aromatic rings. The number of furan rings is 1. The first-order valence-electron chi connectivity index (χ1n) is 8.30. The van der Waals surface area contributed by atoms with E-state index in [2.05, 4.69) is 5.32 Å². The summed E-state index contributed by atoms with van der Waals surface area (Å²) in [7, 11) is 0. The van der Waals surface area contributed by atoms with Crippen LogP contribution < -0.4 is 5.32 Å². The lowest BCUT2D eigenvalue weighted by molar-refractivity contribution is -0.123. The lowest BCUT2D eigenvalue weighted by Crippen LogP contribution is -2.27. The molecule has 1 heterocycles. The minimum atomic E-state index is -0.938. The van der Waals surface area contributed by atoms with Gasteiger partial charge in [-0.25, -0.2) is 4.79 Å². The highest BCUT2D eigenvalue weighted by Gasteiger charge is 2.23. The second-order valence-corrected chi connectivity index (χ2v) is 7.08. The Morgan fingerprint density at radius 3 is 2.19 bits per heavy atom. The zero-order chi connectivity index (χ0) is 19.5. The molecule has 0 fully saturated rings. The van der Waals surface area contributed by atoms with E-state index in [1.54, 1.807) is 31.2 Å². The number of ketones is 1. The van der Waals surface area contributed by atoms with Crippen molar-refractivity contribution in [2.45, 2.75) is 40.7 Å². The number of esters is 1. The molecule has 1 amide bonds. The first kappa shape index (κ1) is 19.4. The van der Waals surface area contributed by atoms with Crippen LogP contribution in [0, 0.1) is 12.3 Å². The number of nitrogens with one attached hydrogen (secondary N) is 1. The van der Waals surface area contributed by atoms with Crippen LogP contribution in [0.15, 0.2) is 41.0 Å². The summed E-state index contributed by atoms with van der Waals surface area (Å²) < 4.78 is 10.3. The summed E-state index contributed by atoms with van der Waals surface area (Å²) in [6, 6.07) is 7.97. The number of carbonyl (C=O) groups excluding carboxylic acids is 3. The molecule has 0 aliphatic carbocycles. The van der Waals surface area contributed by atoms with Crippen LogP contribution in [0.25, 0.3) is 0 Å². The van der Waals surface area contributed by atoms with Gasteiger partial charge in [-0.1, -0.05) is 20.8 Å². The van der Waals surface area contributed by atoms with Gasteiger partial charge in [0.2, 0.25) is 11.7 Å². The van der Waals surface area contributed by atoms with Crippen molar-refractivity contribution in [3.05, 3.63) is 53.5 Å². The Hall–Kier alpha value is -2.89. The molecule has 1 aromatic heterocycles. The average molecular weight is 357 g/mol. The third-order valence-corrected chi connectivity index (χ3v) is 3.84. The summed E-state index contributed by atoms with van der Waals surface area (Å²) in [5, 5.41) is 2.79. The zero-order valence-electron chi connectivity index (χ0n) is 15.6. The van der Waals surface area contributed by atoms with Crippen molar-refractivity contribution in [2.24, 2.45) is 5.41 Å². The summed E-state index contributed by atoms with van der Waals surface area (Å²) in [4.78, 5) is 36.5. The van der Waals surface area contributed by atoms with E-state index < -0.39 is 17.5 Å². The minimum absolute atomic E-state index is 0.116. The van der Waals surface area contributed by atoms with E-state index in [4.69, 9.17) is 9.15 Å². The van der Waals surface area contributed by atoms with Gasteiger partial charge in [-0.05, 0) is 44.2 Å². The van der Waals surface area contributed by atoms with Crippen LogP contribution in [0.5, 0.6) is 0 Å². The predicted molar refractivity (Wildman–Crippen MR) is 97.2 cm³/mol. The number of anilines is 1. The maximum atomic E-state index is 12.4. The standard InChI is InChI=1S/C20H23NO5/c1-12-16(10-11-25-12)18(23)26-13(2)17(22)14-6-8-15(9-7-14)21-19(24)20(3,4)5/h6-11,13H,1-5H3,(H,21,24)/t13-/m0/s1. The molecule has 0 saturated heterocycles. The SMILES string of the molecule is Cc1occc1C(=O)O[C@@H](C)C(=O)c1ccc(NC(=O)C(C)(C)C)cc1. The molecule has 0 aliphatic heterocycles. The van der Waals surface area contributed by atoms with Gasteiger partial charge in [0.05, 0.1) is 6.26 Å². The maximum absolute atomic E-state index is 12.4. The fourth-order valence-corrected chi connectivity index (χ4v) is 2.15. The molecule has 26 heavy (non-hydrogen) atoms. The number of Topliss-reactive ketones (excluding diaryl/α,β-unsaturated/α-hetero) is 1. The monoisotopic (exact) mass is 357 g/mol. The number of rotatable bonds is 5. The van der Waals surface area contributed by atoms with Gasteiger partial charge < -0.3 is 14.5 Å². The van der Waals surface area contributed by atoms with Crippen molar-refractivity contribution in [1.29, 1.82) is 0 Å². The predicted octanol–water partition coefficient (Wildman–Crippen LogP) is 4.00. The molecule has 2 rings (SSSR count). The fraction of sp³-hybridized carbons (Fsp3) is 0.350. The van der Waals surface area contributed by atoms with E-state index in [0.717, 1.165) is 0 Å². The Labute approximate surface area is 152 Å². The van der Waals surface area contributed by atoms with E-state index in [1.165, 1.54) is 19.3 Å². The molecule has 0 radical (unpaired) electrons. The number of hydrogen-bond donors (Lipinski definition) is 1. The lowest BCUT2D eigenvalue weighted by Gasteiger charge is -2.18. The molecule has 1 atom stereocenters. The molecule has 1 N–H and O–H groups in total. The van der Waals surface area contributed by atoms with Crippen LogP contribution in [0.2, 0.25) is 0 Å². The normalized spacial score (nSPS) is 12.3. The molecule has 0 bridgehead atoms. The van der Waals surface area contributed by atoms with Gasteiger partial charge in [0.15, 0.2) is 6.10 Å². The molecular formula is C20H23NO5. The second kappa shape index (κ2) is 7.56. The number of ether oxygens (including phenoxy) is 1. The number of carbonyl (C=O) groups is 3. The topological polar surface area (TPSA) is 85.6 Å². The number of amides is 1. The van der Waals surface area contributed by atoms with E-state index in [9.17, 15) is 14.4 Å². The van der Waals surface area contributed by atoms with Crippen LogP contribution in [-0.4, -0.2) is 23.8 Å². The van der Waals surface area contributed by atoms with E-state index in [0.29, 0.717) is 22.6 Å². The smallest absolute Gasteiger partial charge is 0.342 e. The maximum Gasteiger partial charge on any atom is 0.342 e. The van der Waals surface area contributed by atoms with Crippen molar-refractivity contribution < 1.29 is 23.5 Å². The van der Waals surface area contributed by atoms with Crippen LogP contribution in [0.4, 0.5) is 5.69 Å².